The van der Waals surface area contributed by atoms with E-state index in [1.54, 1.807) is 6.07 Å². The van der Waals surface area contributed by atoms with E-state index in [9.17, 15) is 14.4 Å². The Morgan fingerprint density at radius 3 is 1.30 bits per heavy atom. The Hall–Kier alpha value is -0.670. The number of rotatable bonds is 13. The molecule has 0 radical (unpaired) electrons. The Balaban J connectivity index is 0. The minimum absolute atomic E-state index is 0. The van der Waals surface area contributed by atoms with Crippen LogP contribution in [0.5, 0.6) is 0 Å². The van der Waals surface area contributed by atoms with Gasteiger partial charge in [0.15, 0.2) is 0 Å². The third kappa shape index (κ3) is 12.4. The first kappa shape index (κ1) is 26.3. The zero-order valence-electron chi connectivity index (χ0n) is 19.0. The molecule has 0 aliphatic rings. The molecule has 0 heterocycles. The van der Waals surface area contributed by atoms with Crippen LogP contribution in [0.1, 0.15) is 80.5 Å². The summed E-state index contributed by atoms with van der Waals surface area (Å²) in [6.07, 6.45) is 11.1. The van der Waals surface area contributed by atoms with Crippen molar-refractivity contribution in [2.75, 3.05) is 26.2 Å². The van der Waals surface area contributed by atoms with Crippen LogP contribution in [0, 0.1) is 0 Å². The maximum atomic E-state index is 10.3. The highest BCUT2D eigenvalue weighted by Crippen LogP contribution is 2.20. The van der Waals surface area contributed by atoms with Crippen molar-refractivity contribution in [2.24, 2.45) is 0 Å². The molecular formula is C22H42NO3P. The highest BCUT2D eigenvalue weighted by atomic mass is 31.2. The van der Waals surface area contributed by atoms with Crippen LogP contribution in [0.15, 0.2) is 30.3 Å². The second-order valence-corrected chi connectivity index (χ2v) is 8.99. The van der Waals surface area contributed by atoms with Gasteiger partial charge in [-0.1, -0.05) is 83.7 Å². The van der Waals surface area contributed by atoms with E-state index in [-0.39, 0.29) is 6.73 Å². The van der Waals surface area contributed by atoms with E-state index in [0.29, 0.717) is 0 Å². The molecule has 1 aromatic rings. The summed E-state index contributed by atoms with van der Waals surface area (Å²) in [5.41, 5.74) is 0. The topological polar surface area (TPSA) is 63.2 Å². The molecule has 0 unspecified atom stereocenters. The van der Waals surface area contributed by atoms with Gasteiger partial charge >= 0.3 is 1.43 Å². The van der Waals surface area contributed by atoms with Crippen LogP contribution in [0.25, 0.3) is 0 Å². The molecule has 1 aromatic carbocycles. The molecule has 4 nitrogen and oxygen atoms in total. The van der Waals surface area contributed by atoms with Gasteiger partial charge in [-0.15, -0.1) is 0 Å². The zero-order chi connectivity index (χ0) is 20.6. The third-order valence-electron chi connectivity index (χ3n) is 5.02. The second kappa shape index (κ2) is 15.3. The Morgan fingerprint density at radius 2 is 1.07 bits per heavy atom. The Bertz CT molecular complexity index is 470. The minimum Gasteiger partial charge on any atom is -0.807 e. The number of nitrogens with zero attached hydrogens (tertiary/aromatic N) is 1. The van der Waals surface area contributed by atoms with Crippen molar-refractivity contribution in [1.82, 2.24) is 0 Å². The standard InChI is InChI=1S/C16H36N.C6H7O3P/c1-5-9-13-17(14-10-6-2,15-11-7-3)16-12-8-4;7-10(8,9)6-4-2-1-3-5-6/h5-16H2,1-4H3;1-5H,(H2,7,8,9)/q+1;/p-1. The fourth-order valence-electron chi connectivity index (χ4n) is 3.26. The highest BCUT2D eigenvalue weighted by Gasteiger charge is 2.24. The van der Waals surface area contributed by atoms with Crippen LogP contribution in [0.3, 0.4) is 0 Å². The second-order valence-electron chi connectivity index (χ2n) is 7.48. The lowest BCUT2D eigenvalue weighted by Crippen LogP contribution is -2.50. The average Bonchev–Trinajstić information content (AvgIpc) is 2.67. The maximum Gasteiger partial charge on any atom is 1.00 e. The molecule has 158 valence electrons. The molecule has 1 rings (SSSR count). The van der Waals surface area contributed by atoms with E-state index in [4.69, 9.17) is 0 Å². The number of unbranched alkanes of at least 4 members (excludes halogenated alkanes) is 4. The summed E-state index contributed by atoms with van der Waals surface area (Å²) >= 11 is 0. The number of quaternary nitrogens is 1. The molecule has 0 amide bonds. The van der Waals surface area contributed by atoms with Crippen LogP contribution in [0.4, 0.5) is 0 Å². The Morgan fingerprint density at radius 1 is 0.741 bits per heavy atom. The average molecular weight is 400 g/mol. The lowest BCUT2D eigenvalue weighted by atomic mass is 10.1. The molecule has 0 saturated heterocycles. The first-order valence-corrected chi connectivity index (χ1v) is 12.3. The molecule has 0 aliphatic heterocycles. The van der Waals surface area contributed by atoms with Gasteiger partial charge < -0.3 is 18.8 Å². The molecule has 5 heteroatoms. The lowest BCUT2D eigenvalue weighted by molar-refractivity contribution is -0.929. The number of benzene rings is 1. The van der Waals surface area contributed by atoms with Crippen molar-refractivity contribution in [2.45, 2.75) is 79.1 Å². The fourth-order valence-corrected chi connectivity index (χ4v) is 3.79. The van der Waals surface area contributed by atoms with Gasteiger partial charge in [0.1, 0.15) is 0 Å². The smallest absolute Gasteiger partial charge is 0.807 e. The Labute approximate surface area is 169 Å². The number of hydrogen-bond acceptors (Lipinski definition) is 3. The molecule has 0 aromatic heterocycles. The molecule has 0 bridgehead atoms. The third-order valence-corrected chi connectivity index (χ3v) is 5.95. The fraction of sp³-hybridized carbons (Fsp3) is 0.727. The predicted octanol–water partition coefficient (Wildman–Crippen LogP) is 4.34. The van der Waals surface area contributed by atoms with Crippen LogP contribution < -0.4 is 15.1 Å². The summed E-state index contributed by atoms with van der Waals surface area (Å²) in [5.74, 6) is 0. The van der Waals surface area contributed by atoms with Crippen molar-refractivity contribution in [3.05, 3.63) is 30.3 Å². The number of hydrogen-bond donors (Lipinski definition) is 0. The summed E-state index contributed by atoms with van der Waals surface area (Å²) in [6, 6.07) is 7.23. The normalized spacial score (nSPS) is 11.8. The van der Waals surface area contributed by atoms with Crippen LogP contribution in [-0.2, 0) is 4.57 Å². The van der Waals surface area contributed by atoms with Crippen LogP contribution in [0.2, 0.25) is 0 Å². The van der Waals surface area contributed by atoms with Crippen LogP contribution >= 0.6 is 7.60 Å². The van der Waals surface area contributed by atoms with E-state index in [0.717, 1.165) is 0 Å². The van der Waals surface area contributed by atoms with E-state index in [2.05, 4.69) is 27.7 Å². The van der Waals surface area contributed by atoms with Gasteiger partial charge in [-0.25, -0.2) is 0 Å². The molecule has 27 heavy (non-hydrogen) atoms. The van der Waals surface area contributed by atoms with Gasteiger partial charge in [0.2, 0.25) is 0 Å². The van der Waals surface area contributed by atoms with E-state index in [1.165, 1.54) is 106 Å². The van der Waals surface area contributed by atoms with Gasteiger partial charge in [-0.05, 0) is 38.6 Å². The van der Waals surface area contributed by atoms with Gasteiger partial charge in [-0.2, -0.15) is 0 Å². The van der Waals surface area contributed by atoms with Crippen molar-refractivity contribution in [3.8, 4) is 0 Å². The van der Waals surface area contributed by atoms with Crippen LogP contribution in [-0.4, -0.2) is 30.7 Å². The van der Waals surface area contributed by atoms with Gasteiger partial charge in [0.25, 0.3) is 0 Å². The summed E-state index contributed by atoms with van der Waals surface area (Å²) in [5, 5.41) is -0.157. The molecular weight excluding hydrogens is 357 g/mol. The minimum atomic E-state index is -4.52. The summed E-state index contributed by atoms with van der Waals surface area (Å²) in [4.78, 5) is 20.6. The molecule has 0 saturated carbocycles. The van der Waals surface area contributed by atoms with Gasteiger partial charge in [0.05, 0.1) is 26.2 Å². The zero-order valence-corrected chi connectivity index (χ0v) is 18.9. The van der Waals surface area contributed by atoms with Crippen molar-refractivity contribution >= 4 is 12.9 Å². The lowest BCUT2D eigenvalue weighted by Gasteiger charge is -2.39. The molecule has 0 spiro atoms. The predicted molar refractivity (Wildman–Crippen MR) is 114 cm³/mol. The molecule has 0 aliphatic carbocycles. The van der Waals surface area contributed by atoms with Gasteiger partial charge in [-0.3, -0.25) is 0 Å². The SMILES string of the molecule is CCCC[N+](CCCC)(CCCC)CCCC.O=P([O-])([O-])c1ccccc1.[H+]. The monoisotopic (exact) mass is 399 g/mol. The summed E-state index contributed by atoms with van der Waals surface area (Å²) in [7, 11) is -4.52. The largest absolute Gasteiger partial charge is 1.00 e. The van der Waals surface area contributed by atoms with E-state index in [1.807, 2.05) is 0 Å². The van der Waals surface area contributed by atoms with E-state index < -0.39 is 7.60 Å². The molecule has 0 atom stereocenters. The highest BCUT2D eigenvalue weighted by molar-refractivity contribution is 7.57. The van der Waals surface area contributed by atoms with Gasteiger partial charge in [0, 0.05) is 0 Å². The molecule has 0 fully saturated rings. The van der Waals surface area contributed by atoms with Crippen molar-refractivity contribution in [3.63, 3.8) is 0 Å². The molecule has 0 N–H and O–H groups in total. The first-order chi connectivity index (χ1) is 12.8. The summed E-state index contributed by atoms with van der Waals surface area (Å²) in [6.45, 7) is 15.0. The summed E-state index contributed by atoms with van der Waals surface area (Å²) < 4.78 is 11.7. The van der Waals surface area contributed by atoms with E-state index >= 15 is 0 Å². The van der Waals surface area contributed by atoms with Crippen molar-refractivity contribution in [1.29, 1.82) is 0 Å². The Kier molecular flexibility index (Phi) is 14.9. The first-order valence-electron chi connectivity index (χ1n) is 10.8. The quantitative estimate of drug-likeness (QED) is 0.366. The maximum absolute atomic E-state index is 10.3. The van der Waals surface area contributed by atoms with Crippen molar-refractivity contribution < 1.29 is 20.3 Å².